The zero-order chi connectivity index (χ0) is 21.4. The van der Waals surface area contributed by atoms with Crippen molar-refractivity contribution >= 4 is 0 Å². The Morgan fingerprint density at radius 3 is 3.23 bits per heavy atom. The molecule has 1 aromatic rings. The van der Waals surface area contributed by atoms with Crippen molar-refractivity contribution in [2.45, 2.75) is 36.4 Å². The molecule has 5 rings (SSSR count). The van der Waals surface area contributed by atoms with Crippen LogP contribution in [0.25, 0.3) is 0 Å². The Balaban J connectivity index is 2.04. The second-order valence-corrected chi connectivity index (χ2v) is 6.15. The molecule has 1 spiro atoms. The number of benzene rings is 1. The summed E-state index contributed by atoms with van der Waals surface area (Å²) < 4.78 is 72.8. The quantitative estimate of drug-likeness (QED) is 0.799. The number of piperidine rings is 1. The first-order valence-corrected chi connectivity index (χ1v) is 7.36. The van der Waals surface area contributed by atoms with Crippen molar-refractivity contribution in [2.24, 2.45) is 5.89 Å². The fourth-order valence-corrected chi connectivity index (χ4v) is 4.20. The summed E-state index contributed by atoms with van der Waals surface area (Å²) in [7, 11) is 2.96. The monoisotopic (exact) mass is 306 g/mol. The van der Waals surface area contributed by atoms with Crippen LogP contribution in [0.15, 0.2) is 24.2 Å². The summed E-state index contributed by atoms with van der Waals surface area (Å²) in [4.78, 5) is 1.69. The number of hydrogen-bond donors (Lipinski definition) is 1. The van der Waals surface area contributed by atoms with Gasteiger partial charge >= 0.3 is 0 Å². The summed E-state index contributed by atoms with van der Waals surface area (Å²) in [5.74, 6) is -2.00. The molecule has 2 aliphatic carbocycles. The van der Waals surface area contributed by atoms with Crippen molar-refractivity contribution in [3.05, 3.63) is 35.4 Å². The van der Waals surface area contributed by atoms with Crippen LogP contribution < -0.4 is 9.47 Å². The van der Waals surface area contributed by atoms with Crippen LogP contribution in [0.2, 0.25) is 0 Å². The molecule has 1 fully saturated rings. The van der Waals surface area contributed by atoms with E-state index in [2.05, 4.69) is 0 Å². The van der Waals surface area contributed by atoms with Gasteiger partial charge in [-0.05, 0) is 38.0 Å². The van der Waals surface area contributed by atoms with E-state index in [1.54, 1.807) is 11.9 Å². The van der Waals surface area contributed by atoms with E-state index in [4.69, 9.17) is 17.7 Å². The van der Waals surface area contributed by atoms with Crippen molar-refractivity contribution in [3.8, 4) is 11.5 Å². The first kappa shape index (κ1) is 7.84. The minimum Gasteiger partial charge on any atom is -0.493 e. The van der Waals surface area contributed by atoms with Crippen LogP contribution >= 0.6 is 0 Å². The second kappa shape index (κ2) is 4.06. The van der Waals surface area contributed by atoms with Crippen molar-refractivity contribution in [3.63, 3.8) is 0 Å². The molecule has 0 radical (unpaired) electrons. The number of rotatable bonds is 1. The topological polar surface area (TPSA) is 41.9 Å². The average molecular weight is 306 g/mol. The van der Waals surface area contributed by atoms with Gasteiger partial charge in [0.25, 0.3) is 0 Å². The molecule has 1 N–H and O–H groups in total. The largest absolute Gasteiger partial charge is 0.493 e. The van der Waals surface area contributed by atoms with E-state index in [1.807, 2.05) is 0 Å². The molecule has 22 heavy (non-hydrogen) atoms. The van der Waals surface area contributed by atoms with Crippen LogP contribution in [0.1, 0.15) is 27.1 Å². The molecule has 2 bridgehead atoms. The van der Waals surface area contributed by atoms with E-state index in [1.165, 1.54) is 13.2 Å². The summed E-state index contributed by atoms with van der Waals surface area (Å²) in [6.07, 6.45) is -4.60. The average Bonchev–Trinajstić information content (AvgIpc) is 2.88. The van der Waals surface area contributed by atoms with Crippen molar-refractivity contribution in [1.29, 1.82) is 0 Å². The number of likely N-dealkylation sites (tertiary alicyclic amines) is 1. The summed E-state index contributed by atoms with van der Waals surface area (Å²) in [6, 6.07) is -1.87. The number of aliphatic hydroxyl groups is 1. The van der Waals surface area contributed by atoms with Gasteiger partial charge in [-0.3, -0.25) is 0 Å². The lowest BCUT2D eigenvalue weighted by atomic mass is 9.53. The van der Waals surface area contributed by atoms with Gasteiger partial charge in [0.1, 0.15) is 12.2 Å². The Morgan fingerprint density at radius 2 is 2.41 bits per heavy atom. The first-order chi connectivity index (χ1) is 13.3. The van der Waals surface area contributed by atoms with E-state index >= 15 is 0 Å². The molecule has 0 aromatic heterocycles. The lowest BCUT2D eigenvalue weighted by Gasteiger charge is -2.56. The van der Waals surface area contributed by atoms with Gasteiger partial charge < -0.3 is 19.5 Å². The SMILES string of the molecule is [2H]c1c([2H])c2c3c(c1OC)OC1([2H])C([2H])(O)C=C[C@@]4([2H])[C@H](N(C)CC[C@]314)C2([2H])[2H]. The molecule has 0 amide bonds. The maximum atomic E-state index is 10.9. The third-order valence-electron chi connectivity index (χ3n) is 5.21. The highest BCUT2D eigenvalue weighted by Gasteiger charge is 2.64. The Morgan fingerprint density at radius 1 is 1.55 bits per heavy atom. The highest BCUT2D eigenvalue weighted by Crippen LogP contribution is 2.62. The van der Waals surface area contributed by atoms with E-state index < -0.39 is 35.9 Å². The van der Waals surface area contributed by atoms with Crippen molar-refractivity contribution in [1.82, 2.24) is 4.90 Å². The predicted molar refractivity (Wildman–Crippen MR) is 82.5 cm³/mol. The molecule has 5 atom stereocenters. The van der Waals surface area contributed by atoms with Gasteiger partial charge in [-0.2, -0.15) is 0 Å². The molecule has 4 aliphatic rings. The molecule has 0 saturated carbocycles. The smallest absolute Gasteiger partial charge is 0.165 e. The fourth-order valence-electron chi connectivity index (χ4n) is 4.20. The minimum atomic E-state index is -2.52. The Kier molecular flexibility index (Phi) is 1.45. The van der Waals surface area contributed by atoms with Crippen LogP contribution in [0.4, 0.5) is 0 Å². The molecule has 4 heteroatoms. The maximum absolute atomic E-state index is 10.9. The molecule has 116 valence electrons. The molecular weight excluding hydrogens is 278 g/mol. The van der Waals surface area contributed by atoms with Gasteiger partial charge in [0.15, 0.2) is 11.5 Å². The molecular formula is C18H21NO3. The van der Waals surface area contributed by atoms with E-state index in [0.29, 0.717) is 6.54 Å². The summed E-state index contributed by atoms with van der Waals surface area (Å²) in [5.41, 5.74) is -1.60. The standard InChI is InChI=1S/C18H21NO3/c1-19-8-7-18-11-4-5-13(20)17(18)22-16-14(21-2)6-3-10(15(16)18)9-12(11)19/h3-6,11-13,17,20H,7-9H2,1-2H3/t11-,12+,13?,17?,18-/m0/s1/i3D,6D,9D2,11D,13D,17D. The Bertz CT molecular complexity index is 998. The van der Waals surface area contributed by atoms with Gasteiger partial charge in [-0.15, -0.1) is 0 Å². The second-order valence-electron chi connectivity index (χ2n) is 6.15. The molecule has 4 nitrogen and oxygen atoms in total. The molecule has 2 aliphatic heterocycles. The van der Waals surface area contributed by atoms with E-state index in [0.717, 1.165) is 6.08 Å². The van der Waals surface area contributed by atoms with Crippen LogP contribution in [0.3, 0.4) is 0 Å². The number of likely N-dealkylation sites (N-methyl/N-ethyl adjacent to an activating group) is 1. The zero-order valence-corrected chi connectivity index (χ0v) is 12.4. The van der Waals surface area contributed by atoms with Crippen LogP contribution in [-0.2, 0) is 11.8 Å². The summed E-state index contributed by atoms with van der Waals surface area (Å²) in [6.45, 7) is 0.315. The molecule has 1 saturated heterocycles. The van der Waals surface area contributed by atoms with Crippen LogP contribution in [-0.4, -0.2) is 48.9 Å². The highest BCUT2D eigenvalue weighted by atomic mass is 16.5. The predicted octanol–water partition coefficient (Wildman–Crippen LogP) is 1.50. The summed E-state index contributed by atoms with van der Waals surface area (Å²) in [5, 5.41) is 10.9. The van der Waals surface area contributed by atoms with Gasteiger partial charge in [0, 0.05) is 27.0 Å². The van der Waals surface area contributed by atoms with Gasteiger partial charge in [-0.25, -0.2) is 0 Å². The first-order valence-electron chi connectivity index (χ1n) is 10.9. The number of hydrogen-bond acceptors (Lipinski definition) is 4. The zero-order valence-electron chi connectivity index (χ0n) is 19.4. The Hall–Kier alpha value is -1.52. The van der Waals surface area contributed by atoms with Gasteiger partial charge in [-0.1, -0.05) is 18.2 Å². The highest BCUT2D eigenvalue weighted by molar-refractivity contribution is 5.62. The Labute approximate surface area is 140 Å². The van der Waals surface area contributed by atoms with Crippen molar-refractivity contribution in [2.75, 3.05) is 20.7 Å². The van der Waals surface area contributed by atoms with Gasteiger partial charge in [0.2, 0.25) is 0 Å². The lowest BCUT2D eigenvalue weighted by molar-refractivity contribution is -0.0453. The van der Waals surface area contributed by atoms with Gasteiger partial charge in [0.05, 0.1) is 12.6 Å². The number of ether oxygens (including phenoxy) is 2. The van der Waals surface area contributed by atoms with E-state index in [-0.39, 0.29) is 41.1 Å². The minimum absolute atomic E-state index is 0.113. The molecule has 2 unspecified atom stereocenters. The number of nitrogens with zero attached hydrogens (tertiary/aromatic N) is 1. The maximum Gasteiger partial charge on any atom is 0.165 e. The summed E-state index contributed by atoms with van der Waals surface area (Å²) >= 11 is 0. The third kappa shape index (κ3) is 1.28. The fraction of sp³-hybridized carbons (Fsp3) is 0.556. The normalized spacial score (nSPS) is 58.0. The lowest BCUT2D eigenvalue weighted by Crippen LogP contribution is -2.64. The third-order valence-corrected chi connectivity index (χ3v) is 5.21. The van der Waals surface area contributed by atoms with Crippen LogP contribution in [0, 0.1) is 5.89 Å². The van der Waals surface area contributed by atoms with Crippen molar-refractivity contribution < 1.29 is 24.2 Å². The van der Waals surface area contributed by atoms with Crippen LogP contribution in [0.5, 0.6) is 11.5 Å². The molecule has 2 heterocycles. The van der Waals surface area contributed by atoms with E-state index in [9.17, 15) is 6.48 Å². The number of methoxy groups -OCH3 is 1. The molecule has 1 aromatic carbocycles.